The maximum absolute atomic E-state index is 12.5. The van der Waals surface area contributed by atoms with E-state index in [1.807, 2.05) is 6.92 Å². The van der Waals surface area contributed by atoms with Crippen molar-refractivity contribution >= 4 is 17.3 Å². The smallest absolute Gasteiger partial charge is 0.288 e. The zero-order valence-corrected chi connectivity index (χ0v) is 11.6. The van der Waals surface area contributed by atoms with Crippen molar-refractivity contribution in [1.82, 2.24) is 4.98 Å². The number of nitrogens with zero attached hydrogens (tertiary/aromatic N) is 2. The molecule has 0 unspecified atom stereocenters. The quantitative estimate of drug-likeness (QED) is 0.501. The molecule has 21 heavy (non-hydrogen) atoms. The number of carbonyl (C=O) groups is 1. The first-order chi connectivity index (χ1) is 10.1. The molecule has 1 aromatic heterocycles. The van der Waals surface area contributed by atoms with Crippen molar-refractivity contribution < 1.29 is 9.72 Å². The van der Waals surface area contributed by atoms with Gasteiger partial charge in [-0.3, -0.25) is 14.9 Å². The minimum absolute atomic E-state index is 0.198. The van der Waals surface area contributed by atoms with Crippen LogP contribution in [0.1, 0.15) is 29.3 Å². The molecule has 6 heteroatoms. The number of benzene rings is 1. The predicted octanol–water partition coefficient (Wildman–Crippen LogP) is 3.04. The van der Waals surface area contributed by atoms with E-state index < -0.39 is 4.92 Å². The number of nitrogens with one attached hydrogen (secondary N) is 1. The van der Waals surface area contributed by atoms with E-state index in [4.69, 9.17) is 0 Å². The van der Waals surface area contributed by atoms with Crippen LogP contribution in [0.3, 0.4) is 0 Å². The Bertz CT molecular complexity index is 656. The van der Waals surface area contributed by atoms with Crippen molar-refractivity contribution in [3.63, 3.8) is 0 Å². The molecular weight excluding hydrogens is 270 g/mol. The number of carbonyl (C=O) groups excluding carboxylic acids is 1. The highest BCUT2D eigenvalue weighted by Crippen LogP contribution is 2.22. The van der Waals surface area contributed by atoms with Gasteiger partial charge in [0.15, 0.2) is 5.78 Å². The van der Waals surface area contributed by atoms with E-state index in [0.717, 1.165) is 12.6 Å². The SMILES string of the molecule is CCCNc1ncc([N+](=O)[O-])cc1C(=O)c1ccccc1. The summed E-state index contributed by atoms with van der Waals surface area (Å²) in [6.07, 6.45) is 2.01. The molecule has 1 aromatic carbocycles. The normalized spacial score (nSPS) is 10.1. The second-order valence-electron chi connectivity index (χ2n) is 4.47. The molecule has 0 aliphatic heterocycles. The van der Waals surface area contributed by atoms with Gasteiger partial charge in [0.05, 0.1) is 10.5 Å². The molecule has 0 saturated heterocycles. The second-order valence-corrected chi connectivity index (χ2v) is 4.47. The number of hydrogen-bond acceptors (Lipinski definition) is 5. The predicted molar refractivity (Wildman–Crippen MR) is 79.5 cm³/mol. The van der Waals surface area contributed by atoms with Gasteiger partial charge in [-0.25, -0.2) is 4.98 Å². The van der Waals surface area contributed by atoms with Crippen LogP contribution in [-0.2, 0) is 0 Å². The highest BCUT2D eigenvalue weighted by Gasteiger charge is 2.19. The Morgan fingerprint density at radius 3 is 2.67 bits per heavy atom. The Morgan fingerprint density at radius 1 is 1.33 bits per heavy atom. The van der Waals surface area contributed by atoms with Crippen LogP contribution in [0.2, 0.25) is 0 Å². The van der Waals surface area contributed by atoms with Crippen LogP contribution in [0.4, 0.5) is 11.5 Å². The lowest BCUT2D eigenvalue weighted by Gasteiger charge is -2.09. The average Bonchev–Trinajstić information content (AvgIpc) is 2.52. The van der Waals surface area contributed by atoms with Gasteiger partial charge in [-0.15, -0.1) is 0 Å². The van der Waals surface area contributed by atoms with Gasteiger partial charge in [-0.2, -0.15) is 0 Å². The summed E-state index contributed by atoms with van der Waals surface area (Å²) in [5.41, 5.74) is 0.486. The van der Waals surface area contributed by atoms with Crippen LogP contribution >= 0.6 is 0 Å². The van der Waals surface area contributed by atoms with Crippen molar-refractivity contribution in [2.75, 3.05) is 11.9 Å². The number of hydrogen-bond donors (Lipinski definition) is 1. The number of pyridine rings is 1. The zero-order valence-electron chi connectivity index (χ0n) is 11.6. The van der Waals surface area contributed by atoms with E-state index >= 15 is 0 Å². The van der Waals surface area contributed by atoms with E-state index in [1.165, 1.54) is 6.07 Å². The highest BCUT2D eigenvalue weighted by atomic mass is 16.6. The standard InChI is InChI=1S/C15H15N3O3/c1-2-8-16-15-13(9-12(10-17-15)18(20)21)14(19)11-6-4-3-5-7-11/h3-7,9-10H,2,8H2,1H3,(H,16,17). The number of nitro groups is 1. The van der Waals surface area contributed by atoms with Crippen LogP contribution < -0.4 is 5.32 Å². The number of anilines is 1. The third-order valence-corrected chi connectivity index (χ3v) is 2.91. The van der Waals surface area contributed by atoms with Crippen LogP contribution in [0.15, 0.2) is 42.6 Å². The fraction of sp³-hybridized carbons (Fsp3) is 0.200. The summed E-state index contributed by atoms with van der Waals surface area (Å²) >= 11 is 0. The number of aromatic nitrogens is 1. The minimum atomic E-state index is -0.557. The van der Waals surface area contributed by atoms with Gasteiger partial charge in [0.25, 0.3) is 5.69 Å². The molecule has 0 fully saturated rings. The number of ketones is 1. The maximum Gasteiger partial charge on any atom is 0.288 e. The lowest BCUT2D eigenvalue weighted by molar-refractivity contribution is -0.385. The molecule has 0 atom stereocenters. The molecule has 108 valence electrons. The Morgan fingerprint density at radius 2 is 2.05 bits per heavy atom. The molecule has 0 aliphatic carbocycles. The number of rotatable bonds is 6. The van der Waals surface area contributed by atoms with Crippen LogP contribution in [0.5, 0.6) is 0 Å². The Hall–Kier alpha value is -2.76. The van der Waals surface area contributed by atoms with E-state index in [1.54, 1.807) is 30.3 Å². The van der Waals surface area contributed by atoms with E-state index in [0.29, 0.717) is 17.9 Å². The molecule has 1 N–H and O–H groups in total. The molecule has 0 amide bonds. The van der Waals surface area contributed by atoms with Crippen LogP contribution in [-0.4, -0.2) is 22.2 Å². The summed E-state index contributed by atoms with van der Waals surface area (Å²) in [5.74, 6) is 0.0849. The summed E-state index contributed by atoms with van der Waals surface area (Å²) in [6.45, 7) is 2.62. The molecule has 0 radical (unpaired) electrons. The largest absolute Gasteiger partial charge is 0.369 e. The summed E-state index contributed by atoms with van der Waals surface area (Å²) in [5, 5.41) is 13.9. The summed E-state index contributed by atoms with van der Waals surface area (Å²) in [4.78, 5) is 26.8. The first kappa shape index (κ1) is 14.6. The molecule has 6 nitrogen and oxygen atoms in total. The molecule has 0 spiro atoms. The van der Waals surface area contributed by atoms with Crippen molar-refractivity contribution in [3.05, 3.63) is 63.8 Å². The summed E-state index contributed by atoms with van der Waals surface area (Å²) in [6, 6.07) is 9.91. The van der Waals surface area contributed by atoms with Crippen molar-refractivity contribution in [1.29, 1.82) is 0 Å². The zero-order chi connectivity index (χ0) is 15.2. The molecular formula is C15H15N3O3. The average molecular weight is 285 g/mol. The van der Waals surface area contributed by atoms with Gasteiger partial charge in [0.1, 0.15) is 12.0 Å². The van der Waals surface area contributed by atoms with Gasteiger partial charge in [0.2, 0.25) is 0 Å². The maximum atomic E-state index is 12.5. The third kappa shape index (κ3) is 3.42. The minimum Gasteiger partial charge on any atom is -0.369 e. The monoisotopic (exact) mass is 285 g/mol. The summed E-state index contributed by atoms with van der Waals surface area (Å²) in [7, 11) is 0. The van der Waals surface area contributed by atoms with Gasteiger partial charge in [-0.05, 0) is 6.42 Å². The Labute approximate surface area is 122 Å². The molecule has 0 bridgehead atoms. The molecule has 2 aromatic rings. The van der Waals surface area contributed by atoms with E-state index in [9.17, 15) is 14.9 Å². The topological polar surface area (TPSA) is 85.1 Å². The third-order valence-electron chi connectivity index (χ3n) is 2.91. The molecule has 1 heterocycles. The first-order valence-corrected chi connectivity index (χ1v) is 6.61. The Balaban J connectivity index is 2.45. The van der Waals surface area contributed by atoms with Crippen LogP contribution in [0, 0.1) is 10.1 Å². The summed E-state index contributed by atoms with van der Waals surface area (Å²) < 4.78 is 0. The Kier molecular flexibility index (Phi) is 4.61. The molecule has 2 rings (SSSR count). The second kappa shape index (κ2) is 6.60. The van der Waals surface area contributed by atoms with Gasteiger partial charge >= 0.3 is 0 Å². The fourth-order valence-electron chi connectivity index (χ4n) is 1.86. The first-order valence-electron chi connectivity index (χ1n) is 6.61. The van der Waals surface area contributed by atoms with Gasteiger partial charge < -0.3 is 5.32 Å². The lowest BCUT2D eigenvalue weighted by Crippen LogP contribution is -2.11. The molecule has 0 saturated carbocycles. The van der Waals surface area contributed by atoms with Gasteiger partial charge in [0, 0.05) is 18.2 Å². The van der Waals surface area contributed by atoms with Crippen molar-refractivity contribution in [2.24, 2.45) is 0 Å². The van der Waals surface area contributed by atoms with E-state index in [-0.39, 0.29) is 17.0 Å². The fourth-order valence-corrected chi connectivity index (χ4v) is 1.86. The van der Waals surface area contributed by atoms with Crippen molar-refractivity contribution in [3.8, 4) is 0 Å². The van der Waals surface area contributed by atoms with E-state index in [2.05, 4.69) is 10.3 Å². The van der Waals surface area contributed by atoms with Gasteiger partial charge in [-0.1, -0.05) is 37.3 Å². The lowest BCUT2D eigenvalue weighted by atomic mass is 10.0. The highest BCUT2D eigenvalue weighted by molar-refractivity contribution is 6.12. The van der Waals surface area contributed by atoms with Crippen LogP contribution in [0.25, 0.3) is 0 Å². The molecule has 0 aliphatic rings. The van der Waals surface area contributed by atoms with Crippen molar-refractivity contribution in [2.45, 2.75) is 13.3 Å².